The molecule has 26 heavy (non-hydrogen) atoms. The molecule has 1 aliphatic rings. The molecule has 140 valence electrons. The Kier molecular flexibility index (Phi) is 6.24. The van der Waals surface area contributed by atoms with Gasteiger partial charge in [0.2, 0.25) is 0 Å². The molecule has 0 N–H and O–H groups in total. The van der Waals surface area contributed by atoms with E-state index in [0.29, 0.717) is 55.8 Å². The molecule has 3 heterocycles. The van der Waals surface area contributed by atoms with Crippen LogP contribution in [0, 0.1) is 6.92 Å². The predicted octanol–water partition coefficient (Wildman–Crippen LogP) is 1.18. The van der Waals surface area contributed by atoms with Crippen LogP contribution in [-0.2, 0) is 22.5 Å². The number of piperidine rings is 1. The Balaban J connectivity index is 1.39. The molecule has 0 unspecified atom stereocenters. The monoisotopic (exact) mass is 361 g/mol. The lowest BCUT2D eigenvalue weighted by Gasteiger charge is -2.31. The molecular weight excluding hydrogens is 338 g/mol. The van der Waals surface area contributed by atoms with Gasteiger partial charge < -0.3 is 18.9 Å². The first-order valence-corrected chi connectivity index (χ1v) is 8.65. The van der Waals surface area contributed by atoms with Crippen molar-refractivity contribution in [3.8, 4) is 0 Å². The Morgan fingerprint density at radius 1 is 1.31 bits per heavy atom. The zero-order chi connectivity index (χ0) is 18.4. The number of methoxy groups -OCH3 is 1. The topological polar surface area (TPSA) is 103 Å². The van der Waals surface area contributed by atoms with Gasteiger partial charge in [-0.05, 0) is 19.8 Å². The summed E-state index contributed by atoms with van der Waals surface area (Å²) < 4.78 is 15.9. The minimum Gasteiger partial charge on any atom is -0.378 e. The highest BCUT2D eigenvalue weighted by atomic mass is 16.5. The first-order chi connectivity index (χ1) is 12.7. The van der Waals surface area contributed by atoms with Crippen molar-refractivity contribution in [3.63, 3.8) is 0 Å². The van der Waals surface area contributed by atoms with Gasteiger partial charge in [-0.1, -0.05) is 5.16 Å². The highest BCUT2D eigenvalue weighted by molar-refractivity contribution is 5.93. The van der Waals surface area contributed by atoms with E-state index in [-0.39, 0.29) is 12.0 Å². The molecule has 1 fully saturated rings. The largest absolute Gasteiger partial charge is 0.378 e. The first-order valence-electron chi connectivity index (χ1n) is 8.65. The fourth-order valence-corrected chi connectivity index (χ4v) is 2.80. The lowest BCUT2D eigenvalue weighted by Crippen LogP contribution is -2.41. The molecule has 0 radical (unpaired) electrons. The van der Waals surface area contributed by atoms with Crippen LogP contribution in [0.2, 0.25) is 0 Å². The van der Waals surface area contributed by atoms with Gasteiger partial charge in [-0.25, -0.2) is 9.97 Å². The molecule has 0 saturated carbocycles. The Morgan fingerprint density at radius 2 is 2.04 bits per heavy atom. The molecule has 0 aliphatic carbocycles. The Bertz CT molecular complexity index is 710. The summed E-state index contributed by atoms with van der Waals surface area (Å²) in [6, 6.07) is 0. The predicted molar refractivity (Wildman–Crippen MR) is 90.4 cm³/mol. The molecule has 1 saturated heterocycles. The lowest BCUT2D eigenvalue weighted by molar-refractivity contribution is 0.00945. The number of carbonyl (C=O) groups excluding carboxylic acids is 1. The van der Waals surface area contributed by atoms with Crippen LogP contribution in [0.5, 0.6) is 0 Å². The number of hydrogen-bond acceptors (Lipinski definition) is 8. The van der Waals surface area contributed by atoms with Crippen LogP contribution in [-0.4, -0.2) is 63.8 Å². The van der Waals surface area contributed by atoms with Crippen molar-refractivity contribution in [1.82, 2.24) is 25.0 Å². The van der Waals surface area contributed by atoms with Gasteiger partial charge in [-0.3, -0.25) is 4.79 Å². The number of ether oxygens (including phenoxy) is 2. The molecule has 1 aliphatic heterocycles. The van der Waals surface area contributed by atoms with Crippen LogP contribution >= 0.6 is 0 Å². The van der Waals surface area contributed by atoms with Crippen molar-refractivity contribution >= 4 is 5.91 Å². The normalized spacial score (nSPS) is 15.4. The van der Waals surface area contributed by atoms with E-state index in [4.69, 9.17) is 14.0 Å². The summed E-state index contributed by atoms with van der Waals surface area (Å²) in [6.45, 7) is 3.96. The Morgan fingerprint density at radius 3 is 2.73 bits per heavy atom. The van der Waals surface area contributed by atoms with Crippen LogP contribution in [0.15, 0.2) is 16.9 Å². The molecule has 0 atom stereocenters. The first kappa shape index (κ1) is 18.4. The van der Waals surface area contributed by atoms with Gasteiger partial charge >= 0.3 is 0 Å². The minimum atomic E-state index is -0.0269. The molecule has 0 bridgehead atoms. The highest BCUT2D eigenvalue weighted by Gasteiger charge is 2.24. The summed E-state index contributed by atoms with van der Waals surface area (Å²) in [5.41, 5.74) is 0.527. The fraction of sp³-hybridized carbons (Fsp3) is 0.588. The van der Waals surface area contributed by atoms with E-state index in [1.54, 1.807) is 26.4 Å². The van der Waals surface area contributed by atoms with Crippen LogP contribution < -0.4 is 0 Å². The Hall–Kier alpha value is -2.39. The summed E-state index contributed by atoms with van der Waals surface area (Å²) >= 11 is 0. The molecule has 0 spiro atoms. The second kappa shape index (κ2) is 8.81. The average molecular weight is 361 g/mol. The van der Waals surface area contributed by atoms with Crippen molar-refractivity contribution in [1.29, 1.82) is 0 Å². The van der Waals surface area contributed by atoms with Crippen LogP contribution in [0.4, 0.5) is 0 Å². The number of aryl methyl sites for hydroxylation is 1. The van der Waals surface area contributed by atoms with E-state index in [9.17, 15) is 4.79 Å². The second-order valence-corrected chi connectivity index (χ2v) is 6.17. The SMILES string of the molecule is COCc1nc(CCOC2CCN(C(=O)c3cnc(C)nc3)CC2)no1. The van der Waals surface area contributed by atoms with E-state index in [0.717, 1.165) is 12.8 Å². The van der Waals surface area contributed by atoms with Crippen molar-refractivity contribution < 1.29 is 18.8 Å². The molecule has 1 amide bonds. The van der Waals surface area contributed by atoms with Gasteiger partial charge in [0, 0.05) is 39.0 Å². The number of likely N-dealkylation sites (tertiary alicyclic amines) is 1. The smallest absolute Gasteiger partial charge is 0.256 e. The van der Waals surface area contributed by atoms with Gasteiger partial charge in [0.15, 0.2) is 5.82 Å². The van der Waals surface area contributed by atoms with E-state index in [1.165, 1.54) is 0 Å². The molecule has 3 rings (SSSR count). The van der Waals surface area contributed by atoms with Crippen molar-refractivity contribution in [2.45, 2.75) is 38.9 Å². The number of carbonyl (C=O) groups is 1. The summed E-state index contributed by atoms with van der Waals surface area (Å²) in [6.07, 6.45) is 5.50. The summed E-state index contributed by atoms with van der Waals surface area (Å²) in [7, 11) is 1.58. The maximum Gasteiger partial charge on any atom is 0.256 e. The number of nitrogens with zero attached hydrogens (tertiary/aromatic N) is 5. The summed E-state index contributed by atoms with van der Waals surface area (Å²) in [5.74, 6) is 1.71. The van der Waals surface area contributed by atoms with E-state index in [2.05, 4.69) is 20.1 Å². The third kappa shape index (κ3) is 4.83. The van der Waals surface area contributed by atoms with Crippen LogP contribution in [0.1, 0.15) is 40.7 Å². The average Bonchev–Trinajstić information content (AvgIpc) is 3.10. The number of amides is 1. The van der Waals surface area contributed by atoms with Gasteiger partial charge in [0.25, 0.3) is 11.8 Å². The van der Waals surface area contributed by atoms with Gasteiger partial charge in [-0.2, -0.15) is 4.98 Å². The minimum absolute atomic E-state index is 0.0269. The third-order valence-corrected chi connectivity index (χ3v) is 4.21. The molecule has 2 aromatic rings. The molecular formula is C17H23N5O4. The fourth-order valence-electron chi connectivity index (χ4n) is 2.80. The number of aromatic nitrogens is 4. The van der Waals surface area contributed by atoms with Gasteiger partial charge in [0.05, 0.1) is 18.3 Å². The Labute approximate surface area is 151 Å². The summed E-state index contributed by atoms with van der Waals surface area (Å²) in [4.78, 5) is 26.6. The van der Waals surface area contributed by atoms with Crippen molar-refractivity contribution in [2.75, 3.05) is 26.8 Å². The molecule has 9 nitrogen and oxygen atoms in total. The summed E-state index contributed by atoms with van der Waals surface area (Å²) in [5, 5.41) is 3.88. The lowest BCUT2D eigenvalue weighted by atomic mass is 10.1. The second-order valence-electron chi connectivity index (χ2n) is 6.17. The van der Waals surface area contributed by atoms with E-state index >= 15 is 0 Å². The quantitative estimate of drug-likeness (QED) is 0.724. The van der Waals surface area contributed by atoms with Crippen molar-refractivity contribution in [3.05, 3.63) is 35.5 Å². The van der Waals surface area contributed by atoms with E-state index < -0.39 is 0 Å². The van der Waals surface area contributed by atoms with Crippen LogP contribution in [0.3, 0.4) is 0 Å². The maximum atomic E-state index is 12.4. The van der Waals surface area contributed by atoms with Crippen molar-refractivity contribution in [2.24, 2.45) is 0 Å². The third-order valence-electron chi connectivity index (χ3n) is 4.21. The zero-order valence-corrected chi connectivity index (χ0v) is 15.1. The number of rotatable bonds is 7. The van der Waals surface area contributed by atoms with Gasteiger partial charge in [0.1, 0.15) is 12.4 Å². The standard InChI is InChI=1S/C17H23N5O4/c1-12-18-9-13(10-19-12)17(23)22-6-3-14(4-7-22)25-8-5-15-20-16(11-24-2)26-21-15/h9-10,14H,3-8,11H2,1-2H3. The van der Waals surface area contributed by atoms with Crippen LogP contribution in [0.25, 0.3) is 0 Å². The molecule has 0 aromatic carbocycles. The molecule has 9 heteroatoms. The highest BCUT2D eigenvalue weighted by Crippen LogP contribution is 2.16. The zero-order valence-electron chi connectivity index (χ0n) is 15.1. The molecule has 2 aromatic heterocycles. The van der Waals surface area contributed by atoms with E-state index in [1.807, 2.05) is 4.90 Å². The maximum absolute atomic E-state index is 12.4. The number of hydrogen-bond donors (Lipinski definition) is 0. The van der Waals surface area contributed by atoms with Gasteiger partial charge in [-0.15, -0.1) is 0 Å².